The standard InChI is InChI=1S/C18H20FN5O/c1-2-24-12-13(11-22-24)21-10-7-16(20)23-17(25)18(8-9-18)14-5-3-4-6-15(14)19/h3-7,10-12,21H,2,8-9H2,1H3,(H2,20,23,25)/b10-7-. The summed E-state index contributed by atoms with van der Waals surface area (Å²) in [5, 5.41) is 7.14. The summed E-state index contributed by atoms with van der Waals surface area (Å²) in [7, 11) is 0. The second kappa shape index (κ2) is 6.88. The van der Waals surface area contributed by atoms with Crippen LogP contribution < -0.4 is 11.1 Å². The molecule has 2 aromatic rings. The molecular formula is C18H20FN5O. The van der Waals surface area contributed by atoms with Crippen LogP contribution in [0.3, 0.4) is 0 Å². The second-order valence-corrected chi connectivity index (χ2v) is 5.97. The molecule has 1 aliphatic carbocycles. The van der Waals surface area contributed by atoms with Crippen molar-refractivity contribution in [1.29, 1.82) is 0 Å². The number of aromatic nitrogens is 2. The highest BCUT2D eigenvalue weighted by Gasteiger charge is 2.52. The summed E-state index contributed by atoms with van der Waals surface area (Å²) >= 11 is 0. The third kappa shape index (κ3) is 3.60. The quantitative estimate of drug-likeness (QED) is 0.625. The molecule has 3 N–H and O–H groups in total. The number of aliphatic imine (C=N–C) groups is 1. The van der Waals surface area contributed by atoms with Crippen molar-refractivity contribution >= 4 is 17.4 Å². The van der Waals surface area contributed by atoms with E-state index in [-0.39, 0.29) is 11.7 Å². The molecule has 1 aromatic heterocycles. The number of nitrogens with two attached hydrogens (primary N) is 1. The molecule has 1 saturated carbocycles. The SMILES string of the molecule is CCn1cc(N/C=C\C(N)=NC(=O)C2(c3ccccc3F)CC2)cn1. The first-order valence-electron chi connectivity index (χ1n) is 8.14. The number of rotatable bonds is 6. The van der Waals surface area contributed by atoms with Crippen LogP contribution in [0.5, 0.6) is 0 Å². The fourth-order valence-corrected chi connectivity index (χ4v) is 2.67. The van der Waals surface area contributed by atoms with E-state index in [2.05, 4.69) is 15.4 Å². The molecule has 0 unspecified atom stereocenters. The third-order valence-corrected chi connectivity index (χ3v) is 4.24. The summed E-state index contributed by atoms with van der Waals surface area (Å²) in [4.78, 5) is 16.4. The summed E-state index contributed by atoms with van der Waals surface area (Å²) < 4.78 is 15.8. The van der Waals surface area contributed by atoms with Crippen LogP contribution in [0.1, 0.15) is 25.3 Å². The summed E-state index contributed by atoms with van der Waals surface area (Å²) in [6.45, 7) is 2.77. The van der Waals surface area contributed by atoms with Gasteiger partial charge in [0, 0.05) is 24.5 Å². The number of benzene rings is 1. The predicted octanol–water partition coefficient (Wildman–Crippen LogP) is 2.58. The van der Waals surface area contributed by atoms with Crippen LogP contribution in [0.15, 0.2) is 53.9 Å². The van der Waals surface area contributed by atoms with Gasteiger partial charge < -0.3 is 11.1 Å². The lowest BCUT2D eigenvalue weighted by atomic mass is 9.94. The maximum Gasteiger partial charge on any atom is 0.258 e. The number of nitrogens with zero attached hydrogens (tertiary/aromatic N) is 3. The second-order valence-electron chi connectivity index (χ2n) is 5.97. The Kier molecular flexibility index (Phi) is 4.65. The molecule has 1 fully saturated rings. The van der Waals surface area contributed by atoms with Gasteiger partial charge in [0.05, 0.1) is 17.3 Å². The summed E-state index contributed by atoms with van der Waals surface area (Å²) in [6, 6.07) is 6.32. The molecule has 1 aliphatic rings. The number of carbonyl (C=O) groups is 1. The Morgan fingerprint density at radius 2 is 2.24 bits per heavy atom. The molecule has 7 heteroatoms. The average Bonchev–Trinajstić information content (AvgIpc) is 3.28. The minimum Gasteiger partial charge on any atom is -0.384 e. The zero-order valence-electron chi connectivity index (χ0n) is 13.9. The third-order valence-electron chi connectivity index (χ3n) is 4.24. The number of halogens is 1. The van der Waals surface area contributed by atoms with Gasteiger partial charge in [0.15, 0.2) is 0 Å². The van der Waals surface area contributed by atoms with Crippen molar-refractivity contribution < 1.29 is 9.18 Å². The molecule has 0 atom stereocenters. The van der Waals surface area contributed by atoms with Crippen LogP contribution in [-0.4, -0.2) is 21.5 Å². The highest BCUT2D eigenvalue weighted by molar-refractivity contribution is 6.04. The van der Waals surface area contributed by atoms with Gasteiger partial charge in [0.25, 0.3) is 5.91 Å². The highest BCUT2D eigenvalue weighted by Crippen LogP contribution is 2.50. The normalized spacial score (nSPS) is 16.2. The van der Waals surface area contributed by atoms with Crippen LogP contribution in [0.25, 0.3) is 0 Å². The van der Waals surface area contributed by atoms with Gasteiger partial charge in [-0.2, -0.15) is 10.1 Å². The minimum atomic E-state index is -0.862. The molecule has 0 saturated heterocycles. The van der Waals surface area contributed by atoms with E-state index in [0.29, 0.717) is 18.4 Å². The number of carbonyl (C=O) groups excluding carboxylic acids is 1. The Hall–Kier alpha value is -2.96. The number of hydrogen-bond acceptors (Lipinski definition) is 3. The van der Waals surface area contributed by atoms with Gasteiger partial charge >= 0.3 is 0 Å². The van der Waals surface area contributed by atoms with Crippen LogP contribution >= 0.6 is 0 Å². The maximum absolute atomic E-state index is 14.0. The Balaban J connectivity index is 1.66. The van der Waals surface area contributed by atoms with Gasteiger partial charge in [-0.3, -0.25) is 9.48 Å². The van der Waals surface area contributed by atoms with E-state index in [1.165, 1.54) is 12.1 Å². The van der Waals surface area contributed by atoms with E-state index in [0.717, 1.165) is 12.2 Å². The summed E-state index contributed by atoms with van der Waals surface area (Å²) in [5.74, 6) is -0.714. The van der Waals surface area contributed by atoms with Crippen molar-refractivity contribution in [1.82, 2.24) is 9.78 Å². The van der Waals surface area contributed by atoms with Gasteiger partial charge in [0.1, 0.15) is 11.7 Å². The first kappa shape index (κ1) is 16.9. The van der Waals surface area contributed by atoms with E-state index in [4.69, 9.17) is 5.73 Å². The largest absolute Gasteiger partial charge is 0.384 e. The molecule has 1 amide bonds. The van der Waals surface area contributed by atoms with E-state index >= 15 is 0 Å². The van der Waals surface area contributed by atoms with Crippen molar-refractivity contribution in [3.8, 4) is 0 Å². The van der Waals surface area contributed by atoms with E-state index in [1.807, 2.05) is 13.1 Å². The molecule has 1 heterocycles. The van der Waals surface area contributed by atoms with Gasteiger partial charge in [0.2, 0.25) is 0 Å². The first-order valence-corrected chi connectivity index (χ1v) is 8.14. The first-order chi connectivity index (χ1) is 12.0. The zero-order valence-corrected chi connectivity index (χ0v) is 13.9. The van der Waals surface area contributed by atoms with Gasteiger partial charge in [-0.1, -0.05) is 18.2 Å². The van der Waals surface area contributed by atoms with Crippen LogP contribution in [0, 0.1) is 5.82 Å². The maximum atomic E-state index is 14.0. The highest BCUT2D eigenvalue weighted by atomic mass is 19.1. The lowest BCUT2D eigenvalue weighted by molar-refractivity contribution is -0.120. The molecule has 0 spiro atoms. The van der Waals surface area contributed by atoms with E-state index in [1.54, 1.807) is 35.3 Å². The average molecular weight is 341 g/mol. The lowest BCUT2D eigenvalue weighted by Crippen LogP contribution is -2.23. The molecule has 0 aliphatic heterocycles. The number of hydrogen-bond donors (Lipinski definition) is 2. The number of aryl methyl sites for hydroxylation is 1. The van der Waals surface area contributed by atoms with Crippen LogP contribution in [0.2, 0.25) is 0 Å². The molecule has 3 rings (SSSR count). The minimum absolute atomic E-state index is 0.0722. The molecule has 1 aromatic carbocycles. The number of anilines is 1. The van der Waals surface area contributed by atoms with E-state index in [9.17, 15) is 9.18 Å². The topological polar surface area (TPSA) is 85.3 Å². The summed E-state index contributed by atoms with van der Waals surface area (Å²) in [5.41, 5.74) is 6.14. The van der Waals surface area contributed by atoms with Crippen LogP contribution in [0.4, 0.5) is 10.1 Å². The predicted molar refractivity (Wildman–Crippen MR) is 94.6 cm³/mol. The fraction of sp³-hybridized carbons (Fsp3) is 0.278. The molecule has 130 valence electrons. The van der Waals surface area contributed by atoms with Crippen molar-refractivity contribution in [2.75, 3.05) is 5.32 Å². The summed E-state index contributed by atoms with van der Waals surface area (Å²) in [6.07, 6.45) is 7.79. The monoisotopic (exact) mass is 341 g/mol. The van der Waals surface area contributed by atoms with Crippen molar-refractivity contribution in [3.63, 3.8) is 0 Å². The number of nitrogens with one attached hydrogen (secondary N) is 1. The molecule has 0 radical (unpaired) electrons. The zero-order chi connectivity index (χ0) is 17.9. The van der Waals surface area contributed by atoms with Crippen molar-refractivity contribution in [2.45, 2.75) is 31.7 Å². The molecule has 6 nitrogen and oxygen atoms in total. The molecular weight excluding hydrogens is 321 g/mol. The number of amidine groups is 1. The Bertz CT molecular complexity index is 835. The number of amides is 1. The van der Waals surface area contributed by atoms with Gasteiger partial charge in [-0.15, -0.1) is 0 Å². The van der Waals surface area contributed by atoms with Gasteiger partial charge in [-0.25, -0.2) is 4.39 Å². The van der Waals surface area contributed by atoms with Crippen LogP contribution in [-0.2, 0) is 16.8 Å². The van der Waals surface area contributed by atoms with Crippen molar-refractivity contribution in [3.05, 3.63) is 60.3 Å². The Labute approximate surface area is 145 Å². The molecule has 25 heavy (non-hydrogen) atoms. The van der Waals surface area contributed by atoms with Gasteiger partial charge in [-0.05, 0) is 31.9 Å². The lowest BCUT2D eigenvalue weighted by Gasteiger charge is -2.12. The Morgan fingerprint density at radius 3 is 2.88 bits per heavy atom. The fourth-order valence-electron chi connectivity index (χ4n) is 2.67. The molecule has 0 bridgehead atoms. The Morgan fingerprint density at radius 1 is 1.48 bits per heavy atom. The smallest absolute Gasteiger partial charge is 0.258 e. The van der Waals surface area contributed by atoms with E-state index < -0.39 is 11.3 Å². The van der Waals surface area contributed by atoms with Crippen molar-refractivity contribution in [2.24, 2.45) is 10.7 Å².